The number of sulfonamides is 1. The van der Waals surface area contributed by atoms with Gasteiger partial charge >= 0.3 is 0 Å². The lowest BCUT2D eigenvalue weighted by Crippen LogP contribution is -2.39. The van der Waals surface area contributed by atoms with Crippen LogP contribution in [0.15, 0.2) is 24.3 Å². The molecule has 6 nitrogen and oxygen atoms in total. The molecule has 130 valence electrons. The van der Waals surface area contributed by atoms with E-state index in [1.165, 1.54) is 10.4 Å². The first-order valence-corrected chi connectivity index (χ1v) is 9.13. The number of hydrogen-bond donors (Lipinski definition) is 1. The molecule has 1 N–H and O–H groups in total. The number of hydrogen-bond acceptors (Lipinski definition) is 4. The fraction of sp³-hybridized carbons (Fsp3) is 0.533. The maximum atomic E-state index is 13.5. The highest BCUT2D eigenvalue weighted by atomic mass is 32.2. The van der Waals surface area contributed by atoms with Crippen LogP contribution in [0.3, 0.4) is 0 Å². The summed E-state index contributed by atoms with van der Waals surface area (Å²) in [4.78, 5) is 11.8. The summed E-state index contributed by atoms with van der Waals surface area (Å²) in [7, 11) is -1.79. The molecule has 0 aromatic heterocycles. The molecule has 1 aromatic carbocycles. The van der Waals surface area contributed by atoms with Crippen molar-refractivity contribution in [2.45, 2.75) is 12.8 Å². The number of carbonyl (C=O) groups excluding carboxylic acids is 1. The highest BCUT2D eigenvalue weighted by molar-refractivity contribution is 7.88. The van der Waals surface area contributed by atoms with Gasteiger partial charge in [-0.3, -0.25) is 4.79 Å². The van der Waals surface area contributed by atoms with Gasteiger partial charge < -0.3 is 10.1 Å². The summed E-state index contributed by atoms with van der Waals surface area (Å²) in [6.07, 6.45) is 1.63. The van der Waals surface area contributed by atoms with Crippen LogP contribution >= 0.6 is 0 Å². The Bertz CT molecular complexity index is 607. The van der Waals surface area contributed by atoms with Crippen molar-refractivity contribution in [2.75, 3.05) is 39.6 Å². The van der Waals surface area contributed by atoms with E-state index in [-0.39, 0.29) is 25.4 Å². The highest BCUT2D eigenvalue weighted by Gasteiger charge is 2.16. The lowest BCUT2D eigenvalue weighted by atomic mass is 10.1. The molecule has 0 atom stereocenters. The molecule has 0 aliphatic heterocycles. The van der Waals surface area contributed by atoms with Crippen LogP contribution in [-0.2, 0) is 26.0 Å². The molecule has 0 saturated heterocycles. The van der Waals surface area contributed by atoms with Gasteiger partial charge in [-0.15, -0.1) is 0 Å². The third kappa shape index (κ3) is 7.54. The summed E-state index contributed by atoms with van der Waals surface area (Å²) in [6.45, 7) is 1.14. The molecule has 0 aliphatic carbocycles. The maximum Gasteiger partial charge on any atom is 0.224 e. The van der Waals surface area contributed by atoms with Crippen molar-refractivity contribution in [3.8, 4) is 0 Å². The number of benzene rings is 1. The molecule has 1 aromatic rings. The van der Waals surface area contributed by atoms with Crippen LogP contribution in [0.4, 0.5) is 4.39 Å². The average molecular weight is 346 g/mol. The van der Waals surface area contributed by atoms with Crippen molar-refractivity contribution < 1.29 is 22.3 Å². The van der Waals surface area contributed by atoms with Gasteiger partial charge in [-0.1, -0.05) is 18.2 Å². The minimum Gasteiger partial charge on any atom is -0.385 e. The second-order valence-electron chi connectivity index (χ2n) is 5.13. The zero-order chi connectivity index (χ0) is 17.3. The third-order valence-electron chi connectivity index (χ3n) is 3.22. The summed E-state index contributed by atoms with van der Waals surface area (Å²) in [5, 5.41) is 2.61. The molecule has 1 rings (SSSR count). The Balaban J connectivity index is 2.43. The Morgan fingerprint density at radius 2 is 2.00 bits per heavy atom. The molecular formula is C15H23FN2O4S. The number of rotatable bonds is 10. The number of ether oxygens (including phenoxy) is 1. The van der Waals surface area contributed by atoms with Crippen LogP contribution in [0.25, 0.3) is 0 Å². The number of nitrogens with one attached hydrogen (secondary N) is 1. The van der Waals surface area contributed by atoms with Crippen LogP contribution in [0, 0.1) is 5.82 Å². The van der Waals surface area contributed by atoms with Gasteiger partial charge in [0.15, 0.2) is 0 Å². The van der Waals surface area contributed by atoms with Crippen LogP contribution in [-0.4, -0.2) is 58.2 Å². The van der Waals surface area contributed by atoms with Crippen molar-refractivity contribution in [1.82, 2.24) is 9.62 Å². The monoisotopic (exact) mass is 346 g/mol. The van der Waals surface area contributed by atoms with Gasteiger partial charge in [0.25, 0.3) is 0 Å². The third-order valence-corrected chi connectivity index (χ3v) is 4.52. The zero-order valence-electron chi connectivity index (χ0n) is 13.4. The van der Waals surface area contributed by atoms with E-state index in [0.29, 0.717) is 25.1 Å². The lowest BCUT2D eigenvalue weighted by Gasteiger charge is -2.20. The normalized spacial score (nSPS) is 11.7. The summed E-state index contributed by atoms with van der Waals surface area (Å²) < 4.78 is 43.0. The van der Waals surface area contributed by atoms with E-state index in [1.807, 2.05) is 0 Å². The molecule has 0 heterocycles. The van der Waals surface area contributed by atoms with E-state index < -0.39 is 15.8 Å². The first-order valence-electron chi connectivity index (χ1n) is 7.28. The maximum absolute atomic E-state index is 13.5. The van der Waals surface area contributed by atoms with E-state index in [2.05, 4.69) is 5.32 Å². The van der Waals surface area contributed by atoms with E-state index in [1.54, 1.807) is 25.3 Å². The number of halogens is 1. The van der Waals surface area contributed by atoms with Crippen molar-refractivity contribution in [3.05, 3.63) is 35.6 Å². The SMILES string of the molecule is COCCCN(CCNC(=O)Cc1ccccc1F)S(C)(=O)=O. The van der Waals surface area contributed by atoms with Crippen LogP contribution < -0.4 is 5.32 Å². The molecule has 0 unspecified atom stereocenters. The summed E-state index contributed by atoms with van der Waals surface area (Å²) >= 11 is 0. The van der Waals surface area contributed by atoms with Gasteiger partial charge in [-0.25, -0.2) is 17.1 Å². The second-order valence-corrected chi connectivity index (χ2v) is 7.11. The summed E-state index contributed by atoms with van der Waals surface area (Å²) in [5.74, 6) is -0.777. The number of nitrogens with zero attached hydrogens (tertiary/aromatic N) is 1. The Morgan fingerprint density at radius 1 is 1.30 bits per heavy atom. The molecule has 0 fully saturated rings. The van der Waals surface area contributed by atoms with Gasteiger partial charge in [0, 0.05) is 33.4 Å². The lowest BCUT2D eigenvalue weighted by molar-refractivity contribution is -0.120. The van der Waals surface area contributed by atoms with Gasteiger partial charge in [0.05, 0.1) is 12.7 Å². The topological polar surface area (TPSA) is 75.7 Å². The van der Waals surface area contributed by atoms with Crippen LogP contribution in [0.5, 0.6) is 0 Å². The van der Waals surface area contributed by atoms with Crippen molar-refractivity contribution in [2.24, 2.45) is 0 Å². The quantitative estimate of drug-likeness (QED) is 0.636. The molecule has 0 saturated carbocycles. The largest absolute Gasteiger partial charge is 0.385 e. The van der Waals surface area contributed by atoms with Gasteiger partial charge in [0.2, 0.25) is 15.9 Å². The number of amides is 1. The Kier molecular flexibility index (Phi) is 8.15. The standard InChI is InChI=1S/C15H23FN2O4S/c1-22-11-5-9-18(23(2,20)21)10-8-17-15(19)12-13-6-3-4-7-14(13)16/h3-4,6-7H,5,8-12H2,1-2H3,(H,17,19). The first kappa shape index (κ1) is 19.5. The molecule has 0 radical (unpaired) electrons. The molecule has 0 bridgehead atoms. The Hall–Kier alpha value is -1.51. The Labute approximate surface area is 136 Å². The van der Waals surface area contributed by atoms with E-state index in [9.17, 15) is 17.6 Å². The molecule has 8 heteroatoms. The van der Waals surface area contributed by atoms with Crippen molar-refractivity contribution in [3.63, 3.8) is 0 Å². The first-order chi connectivity index (χ1) is 10.8. The fourth-order valence-electron chi connectivity index (χ4n) is 2.03. The predicted octanol–water partition coefficient (Wildman–Crippen LogP) is 0.782. The van der Waals surface area contributed by atoms with Crippen LogP contribution in [0.1, 0.15) is 12.0 Å². The smallest absolute Gasteiger partial charge is 0.224 e. The molecule has 0 spiro atoms. The highest BCUT2D eigenvalue weighted by Crippen LogP contribution is 2.06. The van der Waals surface area contributed by atoms with Gasteiger partial charge in [-0.05, 0) is 18.1 Å². The second kappa shape index (κ2) is 9.59. The molecule has 0 aliphatic rings. The summed E-state index contributed by atoms with van der Waals surface area (Å²) in [6, 6.07) is 6.06. The average Bonchev–Trinajstić information content (AvgIpc) is 2.47. The number of carbonyl (C=O) groups is 1. The molecule has 23 heavy (non-hydrogen) atoms. The molecule has 1 amide bonds. The fourth-order valence-corrected chi connectivity index (χ4v) is 2.91. The van der Waals surface area contributed by atoms with Gasteiger partial charge in [0.1, 0.15) is 5.82 Å². The Morgan fingerprint density at radius 3 is 2.61 bits per heavy atom. The van der Waals surface area contributed by atoms with Crippen molar-refractivity contribution in [1.29, 1.82) is 0 Å². The van der Waals surface area contributed by atoms with Crippen LogP contribution in [0.2, 0.25) is 0 Å². The van der Waals surface area contributed by atoms with E-state index in [4.69, 9.17) is 4.74 Å². The minimum absolute atomic E-state index is 0.0742. The van der Waals surface area contributed by atoms with Gasteiger partial charge in [-0.2, -0.15) is 0 Å². The van der Waals surface area contributed by atoms with E-state index >= 15 is 0 Å². The van der Waals surface area contributed by atoms with E-state index in [0.717, 1.165) is 6.26 Å². The minimum atomic E-state index is -3.34. The van der Waals surface area contributed by atoms with Crippen molar-refractivity contribution >= 4 is 15.9 Å². The summed E-state index contributed by atoms with van der Waals surface area (Å²) in [5.41, 5.74) is 0.310. The predicted molar refractivity (Wildman–Crippen MR) is 86.0 cm³/mol. The molecular weight excluding hydrogens is 323 g/mol. The zero-order valence-corrected chi connectivity index (χ0v) is 14.2. The number of methoxy groups -OCH3 is 1.